The van der Waals surface area contributed by atoms with Crippen LogP contribution in [0.15, 0.2) is 88.2 Å². The van der Waals surface area contributed by atoms with Gasteiger partial charge in [0, 0.05) is 5.69 Å². The number of nitrogens with zero attached hydrogens (tertiary/aromatic N) is 3. The molecule has 0 radical (unpaired) electrons. The Hall–Kier alpha value is -2.95. The molecule has 1 amide bonds. The Morgan fingerprint density at radius 3 is 2.33 bits per heavy atom. The Kier molecular flexibility index (Phi) is 5.98. The highest BCUT2D eigenvalue weighted by Crippen LogP contribution is 2.31. The number of anilines is 1. The second-order valence-electron chi connectivity index (χ2n) is 6.07. The van der Waals surface area contributed by atoms with Gasteiger partial charge in [0.05, 0.1) is 15.5 Å². The zero-order chi connectivity index (χ0) is 21.0. The number of benzene rings is 2. The summed E-state index contributed by atoms with van der Waals surface area (Å²) in [7, 11) is -3.94. The maximum atomic E-state index is 13.3. The number of carbonyl (C=O) groups is 1. The molecule has 10 heteroatoms. The van der Waals surface area contributed by atoms with Crippen LogP contribution in [0, 0.1) is 0 Å². The summed E-state index contributed by atoms with van der Waals surface area (Å²) in [6.07, 6.45) is 0. The van der Waals surface area contributed by atoms with Crippen molar-refractivity contribution in [1.82, 2.24) is 14.2 Å². The average Bonchev–Trinajstić information content (AvgIpc) is 3.43. The number of nitrogens with one attached hydrogen (secondary N) is 1. The van der Waals surface area contributed by atoms with Crippen LogP contribution in [0.25, 0.3) is 10.7 Å². The molecule has 7 nitrogen and oxygen atoms in total. The number of hydrogen-bond acceptors (Lipinski definition) is 7. The SMILES string of the molecule is O=C(CSc1nnc(-c2cccs2)n1S(=O)(=O)c1ccccc1)Nc1ccccc1. The third kappa shape index (κ3) is 4.30. The lowest BCUT2D eigenvalue weighted by Gasteiger charge is -2.10. The van der Waals surface area contributed by atoms with Crippen LogP contribution in [0.4, 0.5) is 5.69 Å². The minimum absolute atomic E-state index is 0.0121. The van der Waals surface area contributed by atoms with Gasteiger partial charge in [-0.3, -0.25) is 4.79 Å². The van der Waals surface area contributed by atoms with Gasteiger partial charge in [-0.2, -0.15) is 3.97 Å². The lowest BCUT2D eigenvalue weighted by molar-refractivity contribution is -0.113. The monoisotopic (exact) mass is 456 g/mol. The van der Waals surface area contributed by atoms with Gasteiger partial charge in [-0.15, -0.1) is 21.5 Å². The van der Waals surface area contributed by atoms with Crippen LogP contribution in [-0.2, 0) is 14.8 Å². The number of thioether (sulfide) groups is 1. The van der Waals surface area contributed by atoms with Crippen molar-refractivity contribution in [3.63, 3.8) is 0 Å². The van der Waals surface area contributed by atoms with E-state index in [-0.39, 0.29) is 27.5 Å². The molecule has 152 valence electrons. The molecule has 30 heavy (non-hydrogen) atoms. The predicted octanol–water partition coefficient (Wildman–Crippen LogP) is 3.97. The summed E-state index contributed by atoms with van der Waals surface area (Å²) in [5.41, 5.74) is 0.667. The third-order valence-electron chi connectivity index (χ3n) is 4.01. The van der Waals surface area contributed by atoms with E-state index in [9.17, 15) is 13.2 Å². The number of hydrogen-bond donors (Lipinski definition) is 1. The summed E-state index contributed by atoms with van der Waals surface area (Å²) in [5.74, 6) is -0.0581. The highest BCUT2D eigenvalue weighted by atomic mass is 32.2. The van der Waals surface area contributed by atoms with E-state index < -0.39 is 10.0 Å². The summed E-state index contributed by atoms with van der Waals surface area (Å²) >= 11 is 2.38. The Labute approximate surface area is 181 Å². The van der Waals surface area contributed by atoms with Crippen LogP contribution in [0.2, 0.25) is 0 Å². The molecule has 2 aromatic carbocycles. The molecule has 0 aliphatic rings. The van der Waals surface area contributed by atoms with Crippen molar-refractivity contribution in [3.05, 3.63) is 78.2 Å². The van der Waals surface area contributed by atoms with Gasteiger partial charge in [-0.1, -0.05) is 54.2 Å². The summed E-state index contributed by atoms with van der Waals surface area (Å²) in [6, 6.07) is 20.7. The lowest BCUT2D eigenvalue weighted by atomic mass is 10.3. The smallest absolute Gasteiger partial charge is 0.271 e. The molecule has 0 spiro atoms. The van der Waals surface area contributed by atoms with Crippen LogP contribution < -0.4 is 5.32 Å². The van der Waals surface area contributed by atoms with E-state index in [2.05, 4.69) is 15.5 Å². The minimum Gasteiger partial charge on any atom is -0.325 e. The summed E-state index contributed by atoms with van der Waals surface area (Å²) in [5, 5.41) is 12.9. The fourth-order valence-corrected chi connectivity index (χ4v) is 5.83. The fraction of sp³-hybridized carbons (Fsp3) is 0.0500. The molecule has 2 aromatic heterocycles. The Morgan fingerprint density at radius 2 is 1.67 bits per heavy atom. The van der Waals surface area contributed by atoms with E-state index in [1.807, 2.05) is 29.6 Å². The van der Waals surface area contributed by atoms with E-state index in [1.165, 1.54) is 23.5 Å². The molecule has 0 aliphatic heterocycles. The first-order valence-corrected chi connectivity index (χ1v) is 12.1. The normalized spacial score (nSPS) is 11.3. The molecule has 0 unspecified atom stereocenters. The standard InChI is InChI=1S/C20H16N4O3S3/c25-18(21-15-8-3-1-4-9-15)14-29-20-23-22-19(17-12-7-13-28-17)24(20)30(26,27)16-10-5-2-6-11-16/h1-13H,14H2,(H,21,25). The first-order chi connectivity index (χ1) is 14.6. The quantitative estimate of drug-likeness (QED) is 0.423. The van der Waals surface area contributed by atoms with Crippen molar-refractivity contribution in [3.8, 4) is 10.7 Å². The molecule has 0 aliphatic carbocycles. The molecule has 0 bridgehead atoms. The minimum atomic E-state index is -3.94. The maximum absolute atomic E-state index is 13.3. The van der Waals surface area contributed by atoms with Crippen LogP contribution in [0.5, 0.6) is 0 Å². The van der Waals surface area contributed by atoms with Gasteiger partial charge in [0.25, 0.3) is 10.0 Å². The average molecular weight is 457 g/mol. The molecule has 0 saturated heterocycles. The van der Waals surface area contributed by atoms with E-state index in [1.54, 1.807) is 36.4 Å². The molecule has 2 heterocycles. The van der Waals surface area contributed by atoms with Crippen molar-refractivity contribution >= 4 is 44.7 Å². The van der Waals surface area contributed by atoms with Crippen LogP contribution >= 0.6 is 23.1 Å². The molecule has 1 N–H and O–H groups in total. The van der Waals surface area contributed by atoms with Gasteiger partial charge < -0.3 is 5.32 Å². The molecular weight excluding hydrogens is 440 g/mol. The predicted molar refractivity (Wildman–Crippen MR) is 118 cm³/mol. The van der Waals surface area contributed by atoms with Gasteiger partial charge >= 0.3 is 0 Å². The number of amides is 1. The largest absolute Gasteiger partial charge is 0.325 e. The first kappa shape index (κ1) is 20.3. The van der Waals surface area contributed by atoms with Crippen molar-refractivity contribution in [2.75, 3.05) is 11.1 Å². The van der Waals surface area contributed by atoms with Gasteiger partial charge in [-0.05, 0) is 35.7 Å². The van der Waals surface area contributed by atoms with Crippen molar-refractivity contribution in [2.24, 2.45) is 0 Å². The Bertz CT molecular complexity index is 1240. The maximum Gasteiger partial charge on any atom is 0.271 e. The summed E-state index contributed by atoms with van der Waals surface area (Å²) < 4.78 is 27.8. The van der Waals surface area contributed by atoms with Gasteiger partial charge in [0.1, 0.15) is 0 Å². The number of para-hydroxylation sites is 1. The fourth-order valence-electron chi connectivity index (χ4n) is 2.67. The van der Waals surface area contributed by atoms with Crippen molar-refractivity contribution in [2.45, 2.75) is 10.1 Å². The molecular formula is C20H16N4O3S3. The first-order valence-electron chi connectivity index (χ1n) is 8.83. The molecule has 4 rings (SSSR count). The topological polar surface area (TPSA) is 93.9 Å². The van der Waals surface area contributed by atoms with E-state index in [0.717, 1.165) is 15.7 Å². The number of aromatic nitrogens is 3. The van der Waals surface area contributed by atoms with E-state index in [0.29, 0.717) is 10.6 Å². The van der Waals surface area contributed by atoms with Crippen LogP contribution in [0.3, 0.4) is 0 Å². The van der Waals surface area contributed by atoms with Gasteiger partial charge in [0.2, 0.25) is 11.1 Å². The van der Waals surface area contributed by atoms with E-state index >= 15 is 0 Å². The lowest BCUT2D eigenvalue weighted by Crippen LogP contribution is -2.17. The second-order valence-corrected chi connectivity index (χ2v) is 9.75. The van der Waals surface area contributed by atoms with Gasteiger partial charge in [0.15, 0.2) is 5.82 Å². The molecule has 0 saturated carbocycles. The van der Waals surface area contributed by atoms with Gasteiger partial charge in [-0.25, -0.2) is 8.42 Å². The molecule has 0 atom stereocenters. The van der Waals surface area contributed by atoms with Crippen LogP contribution in [0.1, 0.15) is 0 Å². The van der Waals surface area contributed by atoms with E-state index in [4.69, 9.17) is 0 Å². The summed E-state index contributed by atoms with van der Waals surface area (Å²) in [4.78, 5) is 13.1. The van der Waals surface area contributed by atoms with Crippen molar-refractivity contribution < 1.29 is 13.2 Å². The third-order valence-corrected chi connectivity index (χ3v) is 7.61. The Balaban J connectivity index is 1.65. The highest BCUT2D eigenvalue weighted by Gasteiger charge is 2.27. The zero-order valence-corrected chi connectivity index (χ0v) is 18.0. The number of carbonyl (C=O) groups excluding carboxylic acids is 1. The van der Waals surface area contributed by atoms with Crippen LogP contribution in [-0.4, -0.2) is 34.2 Å². The second kappa shape index (κ2) is 8.82. The van der Waals surface area contributed by atoms with Crippen molar-refractivity contribution in [1.29, 1.82) is 0 Å². The summed E-state index contributed by atoms with van der Waals surface area (Å²) in [6.45, 7) is 0. The number of rotatable bonds is 7. The molecule has 4 aromatic rings. The highest BCUT2D eigenvalue weighted by molar-refractivity contribution is 8.00. The molecule has 0 fully saturated rings. The Morgan fingerprint density at radius 1 is 0.967 bits per heavy atom. The number of thiophene rings is 1. The zero-order valence-electron chi connectivity index (χ0n) is 15.5.